The molecule has 0 spiro atoms. The zero-order chi connectivity index (χ0) is 11.5. The van der Waals surface area contributed by atoms with Gasteiger partial charge in [0.05, 0.1) is 18.5 Å². The number of nitrogens with two attached hydrogens (primary N) is 1. The van der Waals surface area contributed by atoms with E-state index in [4.69, 9.17) is 10.5 Å². The van der Waals surface area contributed by atoms with Crippen molar-refractivity contribution in [2.75, 3.05) is 24.3 Å². The average Bonchev–Trinajstić information content (AvgIpc) is 2.75. The molecule has 1 aliphatic heterocycles. The highest BCUT2D eigenvalue weighted by atomic mass is 16.5. The van der Waals surface area contributed by atoms with Gasteiger partial charge in [-0.15, -0.1) is 0 Å². The molecule has 0 radical (unpaired) electrons. The van der Waals surface area contributed by atoms with Crippen molar-refractivity contribution in [1.82, 2.24) is 4.98 Å². The maximum Gasteiger partial charge on any atom is 0.129 e. The minimum atomic E-state index is 0.386. The summed E-state index contributed by atoms with van der Waals surface area (Å²) in [6.07, 6.45) is 2.81. The summed E-state index contributed by atoms with van der Waals surface area (Å²) in [7, 11) is 0. The highest BCUT2D eigenvalue weighted by molar-refractivity contribution is 5.51. The van der Waals surface area contributed by atoms with E-state index in [1.807, 2.05) is 13.0 Å². The highest BCUT2D eigenvalue weighted by Gasteiger charge is 2.22. The number of nitrogens with zero attached hydrogens (tertiary/aromatic N) is 1. The van der Waals surface area contributed by atoms with Crippen LogP contribution in [0.2, 0.25) is 0 Å². The Bertz CT molecular complexity index is 361. The molecule has 0 saturated carbocycles. The molecule has 1 fully saturated rings. The number of rotatable bonds is 3. The smallest absolute Gasteiger partial charge is 0.129 e. The number of aromatic nitrogens is 1. The molecule has 2 heterocycles. The summed E-state index contributed by atoms with van der Waals surface area (Å²) in [5.74, 6) is 1.51. The number of ether oxygens (including phenoxy) is 1. The van der Waals surface area contributed by atoms with Crippen LogP contribution in [0.15, 0.2) is 12.3 Å². The molecule has 4 heteroatoms. The molecule has 1 aromatic rings. The summed E-state index contributed by atoms with van der Waals surface area (Å²) in [6.45, 7) is 5.92. The fraction of sp³-hybridized carbons (Fsp3) is 0.583. The van der Waals surface area contributed by atoms with E-state index >= 15 is 0 Å². The van der Waals surface area contributed by atoms with E-state index in [2.05, 4.69) is 17.2 Å². The van der Waals surface area contributed by atoms with Crippen molar-refractivity contribution in [2.24, 2.45) is 5.92 Å². The lowest BCUT2D eigenvalue weighted by molar-refractivity contribution is 0.183. The summed E-state index contributed by atoms with van der Waals surface area (Å²) in [5, 5.41) is 3.43. The molecule has 1 aliphatic rings. The van der Waals surface area contributed by atoms with Gasteiger partial charge < -0.3 is 15.8 Å². The molecule has 88 valence electrons. The van der Waals surface area contributed by atoms with Gasteiger partial charge in [0.25, 0.3) is 0 Å². The second kappa shape index (κ2) is 4.70. The zero-order valence-electron chi connectivity index (χ0n) is 9.86. The van der Waals surface area contributed by atoms with Crippen molar-refractivity contribution in [1.29, 1.82) is 0 Å². The Labute approximate surface area is 96.2 Å². The predicted molar refractivity (Wildman–Crippen MR) is 65.4 cm³/mol. The van der Waals surface area contributed by atoms with E-state index < -0.39 is 0 Å². The molecule has 2 rings (SSSR count). The first-order chi connectivity index (χ1) is 7.66. The lowest BCUT2D eigenvalue weighted by Crippen LogP contribution is -2.27. The molecular weight excluding hydrogens is 202 g/mol. The first-order valence-corrected chi connectivity index (χ1v) is 5.73. The fourth-order valence-electron chi connectivity index (χ4n) is 2.03. The third-order valence-corrected chi connectivity index (χ3v) is 3.14. The van der Waals surface area contributed by atoms with Crippen LogP contribution in [0.25, 0.3) is 0 Å². The monoisotopic (exact) mass is 221 g/mol. The van der Waals surface area contributed by atoms with Gasteiger partial charge in [-0.3, -0.25) is 0 Å². The van der Waals surface area contributed by atoms with Crippen molar-refractivity contribution in [3.05, 3.63) is 17.8 Å². The van der Waals surface area contributed by atoms with Crippen LogP contribution in [-0.4, -0.2) is 24.2 Å². The maximum atomic E-state index is 5.67. The highest BCUT2D eigenvalue weighted by Crippen LogP contribution is 2.21. The van der Waals surface area contributed by atoms with Crippen molar-refractivity contribution < 1.29 is 4.74 Å². The van der Waals surface area contributed by atoms with Gasteiger partial charge in [0, 0.05) is 18.6 Å². The molecule has 4 nitrogen and oxygen atoms in total. The van der Waals surface area contributed by atoms with Crippen LogP contribution in [0.3, 0.4) is 0 Å². The fourth-order valence-corrected chi connectivity index (χ4v) is 2.03. The maximum absolute atomic E-state index is 5.67. The van der Waals surface area contributed by atoms with Gasteiger partial charge in [0.15, 0.2) is 0 Å². The molecule has 3 N–H and O–H groups in total. The Morgan fingerprint density at radius 2 is 2.44 bits per heavy atom. The molecule has 0 aliphatic carbocycles. The third-order valence-electron chi connectivity index (χ3n) is 3.14. The Morgan fingerprint density at radius 3 is 3.06 bits per heavy atom. The topological polar surface area (TPSA) is 60.2 Å². The van der Waals surface area contributed by atoms with Gasteiger partial charge >= 0.3 is 0 Å². The number of hydrogen-bond donors (Lipinski definition) is 2. The number of hydrogen-bond acceptors (Lipinski definition) is 4. The molecule has 16 heavy (non-hydrogen) atoms. The molecule has 0 bridgehead atoms. The Kier molecular flexibility index (Phi) is 3.29. The SMILES string of the molecule is Cc1cc(N)cnc1NC(C)C1CCOC1. The number of nitrogens with one attached hydrogen (secondary N) is 1. The van der Waals surface area contributed by atoms with Crippen LogP contribution >= 0.6 is 0 Å². The second-order valence-electron chi connectivity index (χ2n) is 4.49. The molecule has 0 amide bonds. The number of pyridine rings is 1. The van der Waals surface area contributed by atoms with Crippen molar-refractivity contribution in [3.8, 4) is 0 Å². The van der Waals surface area contributed by atoms with Crippen molar-refractivity contribution >= 4 is 11.5 Å². The summed E-state index contributed by atoms with van der Waals surface area (Å²) in [4.78, 5) is 4.31. The van der Waals surface area contributed by atoms with Gasteiger partial charge in [-0.2, -0.15) is 0 Å². The van der Waals surface area contributed by atoms with Crippen LogP contribution in [0.4, 0.5) is 11.5 Å². The zero-order valence-corrected chi connectivity index (χ0v) is 9.86. The quantitative estimate of drug-likeness (QED) is 0.817. The van der Waals surface area contributed by atoms with E-state index in [1.165, 1.54) is 0 Å². The predicted octanol–water partition coefficient (Wildman–Crippen LogP) is 1.81. The lowest BCUT2D eigenvalue weighted by Gasteiger charge is -2.20. The van der Waals surface area contributed by atoms with Crippen molar-refractivity contribution in [3.63, 3.8) is 0 Å². The first-order valence-electron chi connectivity index (χ1n) is 5.73. The van der Waals surface area contributed by atoms with Gasteiger partial charge in [-0.25, -0.2) is 4.98 Å². The molecule has 1 saturated heterocycles. The lowest BCUT2D eigenvalue weighted by atomic mass is 10.0. The van der Waals surface area contributed by atoms with Crippen LogP contribution in [0, 0.1) is 12.8 Å². The molecular formula is C12H19N3O. The summed E-state index contributed by atoms with van der Waals surface area (Å²) >= 11 is 0. The normalized spacial score (nSPS) is 22.0. The van der Waals surface area contributed by atoms with Gasteiger partial charge in [0.1, 0.15) is 5.82 Å². The largest absolute Gasteiger partial charge is 0.397 e. The average molecular weight is 221 g/mol. The van der Waals surface area contributed by atoms with Crippen LogP contribution < -0.4 is 11.1 Å². The van der Waals surface area contributed by atoms with Gasteiger partial charge in [-0.05, 0) is 31.9 Å². The molecule has 2 atom stereocenters. The van der Waals surface area contributed by atoms with Gasteiger partial charge in [-0.1, -0.05) is 0 Å². The van der Waals surface area contributed by atoms with Crippen molar-refractivity contribution in [2.45, 2.75) is 26.3 Å². The van der Waals surface area contributed by atoms with Gasteiger partial charge in [0.2, 0.25) is 0 Å². The minimum Gasteiger partial charge on any atom is -0.397 e. The Morgan fingerprint density at radius 1 is 1.62 bits per heavy atom. The number of anilines is 2. The Balaban J connectivity index is 2.02. The van der Waals surface area contributed by atoms with Crippen LogP contribution in [0.1, 0.15) is 18.9 Å². The molecule has 2 unspecified atom stereocenters. The van der Waals surface area contributed by atoms with E-state index in [-0.39, 0.29) is 0 Å². The second-order valence-corrected chi connectivity index (χ2v) is 4.49. The number of nitrogen functional groups attached to an aromatic ring is 1. The first kappa shape index (κ1) is 11.2. The summed E-state index contributed by atoms with van der Waals surface area (Å²) in [5.41, 5.74) is 7.47. The van der Waals surface area contributed by atoms with E-state index in [9.17, 15) is 0 Å². The Hall–Kier alpha value is -1.29. The number of aryl methyl sites for hydroxylation is 1. The van der Waals surface area contributed by atoms with E-state index in [1.54, 1.807) is 6.20 Å². The minimum absolute atomic E-state index is 0.386. The van der Waals surface area contributed by atoms with Crippen LogP contribution in [-0.2, 0) is 4.74 Å². The standard InChI is InChI=1S/C12H19N3O/c1-8-5-11(13)6-14-12(8)15-9(2)10-3-4-16-7-10/h5-6,9-10H,3-4,7,13H2,1-2H3,(H,14,15). The van der Waals surface area contributed by atoms with E-state index in [0.717, 1.165) is 31.0 Å². The van der Waals surface area contributed by atoms with Crippen LogP contribution in [0.5, 0.6) is 0 Å². The molecule has 0 aromatic carbocycles. The summed E-state index contributed by atoms with van der Waals surface area (Å²) in [6, 6.07) is 2.32. The third kappa shape index (κ3) is 2.44. The summed E-state index contributed by atoms with van der Waals surface area (Å²) < 4.78 is 5.38. The van der Waals surface area contributed by atoms with E-state index in [0.29, 0.717) is 17.6 Å². The molecule has 1 aromatic heterocycles.